The van der Waals surface area contributed by atoms with Gasteiger partial charge in [-0.2, -0.15) is 0 Å². The molecular formula is C23H28N4O4. The van der Waals surface area contributed by atoms with Crippen molar-refractivity contribution in [3.05, 3.63) is 28.8 Å². The standard InChI is InChI=1S/C23H28N4O4/c1-11-8-9-14-19(12(11)2)25-22(31)23(14)18-17(15(26-23)10-16(24)28)20(29)27(21(18)30)13-6-4-3-5-7-13/h8-9,13,15,17-18,26H,3-7,10H2,1-2H3,(H2,24,28)(H,25,31). The molecule has 4 unspecified atom stereocenters. The monoisotopic (exact) mass is 424 g/mol. The van der Waals surface area contributed by atoms with E-state index in [1.54, 1.807) is 0 Å². The van der Waals surface area contributed by atoms with Gasteiger partial charge in [-0.3, -0.25) is 29.4 Å². The maximum Gasteiger partial charge on any atom is 0.250 e. The Morgan fingerprint density at radius 2 is 1.84 bits per heavy atom. The van der Waals surface area contributed by atoms with Gasteiger partial charge in [0.1, 0.15) is 5.54 Å². The third-order valence-electron chi connectivity index (χ3n) is 7.82. The predicted octanol–water partition coefficient (Wildman–Crippen LogP) is 1.23. The lowest BCUT2D eigenvalue weighted by Gasteiger charge is -2.33. The van der Waals surface area contributed by atoms with Crippen LogP contribution < -0.4 is 16.4 Å². The molecule has 3 fully saturated rings. The van der Waals surface area contributed by atoms with E-state index in [1.165, 1.54) is 4.90 Å². The smallest absolute Gasteiger partial charge is 0.250 e. The first-order valence-electron chi connectivity index (χ1n) is 11.1. The molecule has 0 aromatic heterocycles. The summed E-state index contributed by atoms with van der Waals surface area (Å²) in [6.45, 7) is 3.89. The number of primary amides is 1. The Balaban J connectivity index is 1.65. The molecule has 0 bridgehead atoms. The van der Waals surface area contributed by atoms with Gasteiger partial charge in [-0.25, -0.2) is 0 Å². The Morgan fingerprint density at radius 1 is 1.13 bits per heavy atom. The number of rotatable bonds is 3. The van der Waals surface area contributed by atoms with E-state index in [9.17, 15) is 19.2 Å². The van der Waals surface area contributed by atoms with Crippen LogP contribution in [0, 0.1) is 25.7 Å². The number of imide groups is 1. The molecule has 0 radical (unpaired) electrons. The van der Waals surface area contributed by atoms with Crippen LogP contribution in [0.25, 0.3) is 0 Å². The highest BCUT2D eigenvalue weighted by Crippen LogP contribution is 2.54. The molecule has 1 aromatic carbocycles. The maximum absolute atomic E-state index is 13.8. The second-order valence-electron chi connectivity index (χ2n) is 9.46. The zero-order chi connectivity index (χ0) is 22.1. The van der Waals surface area contributed by atoms with Gasteiger partial charge in [0.15, 0.2) is 0 Å². The SMILES string of the molecule is Cc1ccc2c(c1C)NC(=O)C21NC(CC(N)=O)C2C(=O)N(C3CCCCC3)C(=O)C21. The van der Waals surface area contributed by atoms with Gasteiger partial charge in [0.25, 0.3) is 0 Å². The van der Waals surface area contributed by atoms with E-state index in [1.807, 2.05) is 26.0 Å². The van der Waals surface area contributed by atoms with Crippen molar-refractivity contribution in [1.29, 1.82) is 0 Å². The van der Waals surface area contributed by atoms with Crippen LogP contribution in [0.5, 0.6) is 0 Å². The first-order valence-corrected chi connectivity index (χ1v) is 11.1. The summed E-state index contributed by atoms with van der Waals surface area (Å²) in [6, 6.07) is 2.99. The summed E-state index contributed by atoms with van der Waals surface area (Å²) in [6.07, 6.45) is 4.54. The minimum Gasteiger partial charge on any atom is -0.370 e. The predicted molar refractivity (Wildman–Crippen MR) is 113 cm³/mol. The Bertz CT molecular complexity index is 1020. The van der Waals surface area contributed by atoms with Crippen molar-refractivity contribution < 1.29 is 19.2 Å². The summed E-state index contributed by atoms with van der Waals surface area (Å²) >= 11 is 0. The van der Waals surface area contributed by atoms with Crippen LogP contribution in [0.4, 0.5) is 5.69 Å². The van der Waals surface area contributed by atoms with E-state index in [0.717, 1.165) is 43.2 Å². The van der Waals surface area contributed by atoms with Crippen molar-refractivity contribution in [3.63, 3.8) is 0 Å². The van der Waals surface area contributed by atoms with Gasteiger partial charge in [0, 0.05) is 29.8 Å². The van der Waals surface area contributed by atoms with Gasteiger partial charge in [-0.15, -0.1) is 0 Å². The first-order chi connectivity index (χ1) is 14.8. The molecule has 164 valence electrons. The number of nitrogens with one attached hydrogen (secondary N) is 2. The van der Waals surface area contributed by atoms with Gasteiger partial charge in [0.05, 0.1) is 11.8 Å². The lowest BCUT2D eigenvalue weighted by molar-refractivity contribution is -0.146. The number of amides is 4. The Kier molecular flexibility index (Phi) is 4.48. The number of hydrogen-bond acceptors (Lipinski definition) is 5. The molecule has 2 saturated heterocycles. The van der Waals surface area contributed by atoms with Crippen molar-refractivity contribution in [2.75, 3.05) is 5.32 Å². The van der Waals surface area contributed by atoms with Crippen molar-refractivity contribution >= 4 is 29.3 Å². The topological polar surface area (TPSA) is 122 Å². The zero-order valence-corrected chi connectivity index (χ0v) is 17.9. The molecule has 3 heterocycles. The zero-order valence-electron chi connectivity index (χ0n) is 17.9. The number of hydrogen-bond donors (Lipinski definition) is 3. The molecular weight excluding hydrogens is 396 g/mol. The maximum atomic E-state index is 13.8. The van der Waals surface area contributed by atoms with Crippen LogP contribution in [0.15, 0.2) is 12.1 Å². The summed E-state index contributed by atoms with van der Waals surface area (Å²) in [5.74, 6) is -3.15. The molecule has 1 aromatic rings. The third-order valence-corrected chi connectivity index (χ3v) is 7.82. The largest absolute Gasteiger partial charge is 0.370 e. The highest BCUT2D eigenvalue weighted by atomic mass is 16.2. The number of benzene rings is 1. The molecule has 1 saturated carbocycles. The normalized spacial score (nSPS) is 32.5. The van der Waals surface area contributed by atoms with Crippen LogP contribution in [-0.4, -0.2) is 40.6 Å². The van der Waals surface area contributed by atoms with Gasteiger partial charge in [0.2, 0.25) is 23.6 Å². The Hall–Kier alpha value is -2.74. The van der Waals surface area contributed by atoms with Gasteiger partial charge >= 0.3 is 0 Å². The summed E-state index contributed by atoms with van der Waals surface area (Å²) < 4.78 is 0. The van der Waals surface area contributed by atoms with Gasteiger partial charge in [-0.1, -0.05) is 31.4 Å². The molecule has 4 aliphatic rings. The number of carbonyl (C=O) groups is 4. The van der Waals surface area contributed by atoms with E-state index >= 15 is 0 Å². The number of carbonyl (C=O) groups excluding carboxylic acids is 4. The second-order valence-corrected chi connectivity index (χ2v) is 9.46. The molecule has 4 amide bonds. The number of nitrogens with two attached hydrogens (primary N) is 1. The Labute approximate surface area is 180 Å². The average molecular weight is 425 g/mol. The van der Waals surface area contributed by atoms with Crippen LogP contribution in [-0.2, 0) is 24.7 Å². The summed E-state index contributed by atoms with van der Waals surface area (Å²) in [5.41, 5.74) is 7.44. The molecule has 3 aliphatic heterocycles. The molecule has 4 N–H and O–H groups in total. The molecule has 5 rings (SSSR count). The van der Waals surface area contributed by atoms with E-state index in [4.69, 9.17) is 5.73 Å². The lowest BCUT2D eigenvalue weighted by Crippen LogP contribution is -2.54. The molecule has 31 heavy (non-hydrogen) atoms. The fraction of sp³-hybridized carbons (Fsp3) is 0.565. The molecule has 8 heteroatoms. The van der Waals surface area contributed by atoms with Gasteiger partial charge < -0.3 is 11.1 Å². The Morgan fingerprint density at radius 3 is 2.52 bits per heavy atom. The van der Waals surface area contributed by atoms with Crippen molar-refractivity contribution in [2.45, 2.75) is 70.0 Å². The van der Waals surface area contributed by atoms with Crippen molar-refractivity contribution in [3.8, 4) is 0 Å². The summed E-state index contributed by atoms with van der Waals surface area (Å²) in [4.78, 5) is 54.0. The fourth-order valence-corrected chi connectivity index (χ4v) is 6.23. The van der Waals surface area contributed by atoms with Crippen LogP contribution in [0.1, 0.15) is 55.2 Å². The number of nitrogens with zero attached hydrogens (tertiary/aromatic N) is 1. The molecule has 1 aliphatic carbocycles. The molecule has 1 spiro atoms. The van der Waals surface area contributed by atoms with Crippen LogP contribution >= 0.6 is 0 Å². The van der Waals surface area contributed by atoms with E-state index in [-0.39, 0.29) is 30.2 Å². The highest BCUT2D eigenvalue weighted by Gasteiger charge is 2.71. The summed E-state index contributed by atoms with van der Waals surface area (Å²) in [5, 5.41) is 6.21. The first kappa shape index (κ1) is 20.2. The van der Waals surface area contributed by atoms with Crippen LogP contribution in [0.2, 0.25) is 0 Å². The number of fused-ring (bicyclic) bond motifs is 4. The van der Waals surface area contributed by atoms with Crippen molar-refractivity contribution in [2.24, 2.45) is 17.6 Å². The van der Waals surface area contributed by atoms with E-state index in [0.29, 0.717) is 11.3 Å². The fourth-order valence-electron chi connectivity index (χ4n) is 6.23. The molecule has 8 nitrogen and oxygen atoms in total. The van der Waals surface area contributed by atoms with E-state index in [2.05, 4.69) is 10.6 Å². The number of aryl methyl sites for hydroxylation is 1. The van der Waals surface area contributed by atoms with Crippen LogP contribution in [0.3, 0.4) is 0 Å². The second kappa shape index (κ2) is 6.88. The van der Waals surface area contributed by atoms with Crippen molar-refractivity contribution in [1.82, 2.24) is 10.2 Å². The quantitative estimate of drug-likeness (QED) is 0.630. The minimum atomic E-state index is -1.37. The average Bonchev–Trinajstić information content (AvgIpc) is 3.30. The van der Waals surface area contributed by atoms with Gasteiger partial charge in [-0.05, 0) is 37.8 Å². The highest BCUT2D eigenvalue weighted by molar-refractivity contribution is 6.15. The number of likely N-dealkylation sites (tertiary alicyclic amines) is 1. The van der Waals surface area contributed by atoms with E-state index < -0.39 is 29.3 Å². The number of anilines is 1. The summed E-state index contributed by atoms with van der Waals surface area (Å²) in [7, 11) is 0. The molecule has 4 atom stereocenters. The lowest BCUT2D eigenvalue weighted by atomic mass is 9.76. The minimum absolute atomic E-state index is 0.103. The third kappa shape index (κ3) is 2.63.